The molecule has 2 heterocycles. The van der Waals surface area contributed by atoms with Gasteiger partial charge in [-0.05, 0) is 49.7 Å². The Balaban J connectivity index is 1.60. The van der Waals surface area contributed by atoms with Crippen LogP contribution in [0.3, 0.4) is 0 Å². The lowest BCUT2D eigenvalue weighted by Crippen LogP contribution is -2.65. The molecule has 0 bridgehead atoms. The Morgan fingerprint density at radius 1 is 1.03 bits per heavy atom. The number of hydrogen-bond acceptors (Lipinski definition) is 3. The monoisotopic (exact) mass is 417 g/mol. The molecule has 0 aliphatic carbocycles. The number of nitrogens with zero attached hydrogens (tertiary/aromatic N) is 2. The number of urea groups is 1. The Morgan fingerprint density at radius 3 is 2.27 bits per heavy atom. The van der Waals surface area contributed by atoms with Crippen molar-refractivity contribution in [2.75, 3.05) is 11.4 Å². The molecule has 2 saturated heterocycles. The van der Waals surface area contributed by atoms with E-state index in [9.17, 15) is 27.6 Å². The zero-order valence-corrected chi connectivity index (χ0v) is 15.9. The molecule has 30 heavy (non-hydrogen) atoms. The van der Waals surface area contributed by atoms with E-state index in [0.29, 0.717) is 12.1 Å². The predicted octanol–water partition coefficient (Wildman–Crippen LogP) is 3.35. The van der Waals surface area contributed by atoms with Gasteiger partial charge in [-0.3, -0.25) is 9.59 Å². The van der Waals surface area contributed by atoms with Crippen molar-refractivity contribution in [2.24, 2.45) is 0 Å². The molecule has 2 aromatic rings. The van der Waals surface area contributed by atoms with Crippen LogP contribution in [0, 0.1) is 6.92 Å². The number of alkyl halides is 3. The molecule has 2 unspecified atom stereocenters. The summed E-state index contributed by atoms with van der Waals surface area (Å²) in [7, 11) is 0. The first-order valence-corrected chi connectivity index (χ1v) is 9.36. The maximum atomic E-state index is 13.2. The first kappa shape index (κ1) is 19.9. The van der Waals surface area contributed by atoms with Crippen LogP contribution in [-0.4, -0.2) is 41.4 Å². The standard InChI is InChI=1S/C21H18F3N3O3/c1-12-2-8-15(9-3-12)27-19(29)17-16(25-20(27)30)10-11-26(17)18(28)13-4-6-14(7-5-13)21(22,23)24/h2-9,16-17H,10-11H2,1H3,(H,25,30). The van der Waals surface area contributed by atoms with Gasteiger partial charge < -0.3 is 10.2 Å². The van der Waals surface area contributed by atoms with Crippen LogP contribution in [-0.2, 0) is 11.0 Å². The highest BCUT2D eigenvalue weighted by molar-refractivity contribution is 6.19. The zero-order chi connectivity index (χ0) is 21.6. The van der Waals surface area contributed by atoms with E-state index < -0.39 is 41.7 Å². The number of imide groups is 1. The highest BCUT2D eigenvalue weighted by Gasteiger charge is 2.50. The zero-order valence-electron chi connectivity index (χ0n) is 15.9. The summed E-state index contributed by atoms with van der Waals surface area (Å²) in [6.07, 6.45) is -4.12. The predicted molar refractivity (Wildman–Crippen MR) is 102 cm³/mol. The minimum atomic E-state index is -4.50. The molecule has 1 N–H and O–H groups in total. The van der Waals surface area contributed by atoms with Gasteiger partial charge in [-0.2, -0.15) is 13.2 Å². The van der Waals surface area contributed by atoms with Crippen molar-refractivity contribution in [3.8, 4) is 0 Å². The largest absolute Gasteiger partial charge is 0.416 e. The molecule has 2 aliphatic rings. The van der Waals surface area contributed by atoms with E-state index in [1.165, 1.54) is 4.90 Å². The SMILES string of the molecule is Cc1ccc(N2C(=O)NC3CCN(C(=O)c4ccc(C(F)(F)F)cc4)C3C2=O)cc1. The number of aryl methyl sites for hydroxylation is 1. The number of benzene rings is 2. The Kier molecular flexibility index (Phi) is 4.76. The van der Waals surface area contributed by atoms with Crippen molar-refractivity contribution >= 4 is 23.5 Å². The third-order valence-corrected chi connectivity index (χ3v) is 5.40. The van der Waals surface area contributed by atoms with Crippen LogP contribution >= 0.6 is 0 Å². The van der Waals surface area contributed by atoms with Gasteiger partial charge in [0.2, 0.25) is 0 Å². The van der Waals surface area contributed by atoms with E-state index in [0.717, 1.165) is 34.7 Å². The van der Waals surface area contributed by atoms with E-state index in [1.54, 1.807) is 24.3 Å². The second-order valence-electron chi connectivity index (χ2n) is 7.37. The summed E-state index contributed by atoms with van der Waals surface area (Å²) in [6.45, 7) is 2.09. The first-order chi connectivity index (χ1) is 14.2. The first-order valence-electron chi connectivity index (χ1n) is 9.36. The number of carbonyl (C=O) groups excluding carboxylic acids is 3. The molecule has 2 aliphatic heterocycles. The number of rotatable bonds is 2. The molecule has 2 atom stereocenters. The van der Waals surface area contributed by atoms with Gasteiger partial charge in [-0.1, -0.05) is 17.7 Å². The smallest absolute Gasteiger partial charge is 0.332 e. The van der Waals surface area contributed by atoms with Gasteiger partial charge in [0.1, 0.15) is 6.04 Å². The fourth-order valence-corrected chi connectivity index (χ4v) is 3.84. The number of nitrogens with one attached hydrogen (secondary N) is 1. The van der Waals surface area contributed by atoms with Gasteiger partial charge in [0, 0.05) is 12.1 Å². The highest BCUT2D eigenvalue weighted by Crippen LogP contribution is 2.31. The van der Waals surface area contributed by atoms with Crippen LogP contribution in [0.4, 0.5) is 23.7 Å². The molecule has 156 valence electrons. The Morgan fingerprint density at radius 2 is 1.67 bits per heavy atom. The molecule has 2 aromatic carbocycles. The van der Waals surface area contributed by atoms with Crippen molar-refractivity contribution < 1.29 is 27.6 Å². The minimum absolute atomic E-state index is 0.0511. The summed E-state index contributed by atoms with van der Waals surface area (Å²) < 4.78 is 38.3. The van der Waals surface area contributed by atoms with E-state index >= 15 is 0 Å². The van der Waals surface area contributed by atoms with Crippen LogP contribution < -0.4 is 10.2 Å². The highest BCUT2D eigenvalue weighted by atomic mass is 19.4. The van der Waals surface area contributed by atoms with Crippen molar-refractivity contribution in [2.45, 2.75) is 31.6 Å². The van der Waals surface area contributed by atoms with Crippen LogP contribution in [0.25, 0.3) is 0 Å². The molecule has 9 heteroatoms. The average Bonchev–Trinajstić information content (AvgIpc) is 3.12. The van der Waals surface area contributed by atoms with Gasteiger partial charge in [0.15, 0.2) is 0 Å². The quantitative estimate of drug-likeness (QED) is 0.815. The number of halogens is 3. The van der Waals surface area contributed by atoms with E-state index in [1.807, 2.05) is 6.92 Å². The average molecular weight is 417 g/mol. The second kappa shape index (κ2) is 7.16. The van der Waals surface area contributed by atoms with Crippen molar-refractivity contribution in [3.63, 3.8) is 0 Å². The van der Waals surface area contributed by atoms with Gasteiger partial charge >= 0.3 is 12.2 Å². The van der Waals surface area contributed by atoms with Gasteiger partial charge in [-0.25, -0.2) is 9.69 Å². The molecular weight excluding hydrogens is 399 g/mol. The van der Waals surface area contributed by atoms with E-state index in [4.69, 9.17) is 0 Å². The molecule has 0 radical (unpaired) electrons. The summed E-state index contributed by atoms with van der Waals surface area (Å²) in [5, 5.41) is 2.76. The number of fused-ring (bicyclic) bond motifs is 1. The number of amides is 4. The lowest BCUT2D eigenvalue weighted by Gasteiger charge is -2.37. The topological polar surface area (TPSA) is 69.7 Å². The molecule has 4 amide bonds. The third kappa shape index (κ3) is 3.40. The van der Waals surface area contributed by atoms with Crippen LogP contribution in [0.2, 0.25) is 0 Å². The van der Waals surface area contributed by atoms with Crippen molar-refractivity contribution in [1.82, 2.24) is 10.2 Å². The molecule has 2 fully saturated rings. The lowest BCUT2D eigenvalue weighted by molar-refractivity contribution is -0.137. The summed E-state index contributed by atoms with van der Waals surface area (Å²) in [5.74, 6) is -1.09. The maximum Gasteiger partial charge on any atom is 0.416 e. The lowest BCUT2D eigenvalue weighted by atomic mass is 10.0. The van der Waals surface area contributed by atoms with E-state index in [2.05, 4.69) is 5.32 Å². The van der Waals surface area contributed by atoms with Crippen LogP contribution in [0.1, 0.15) is 27.9 Å². The molecular formula is C21H18F3N3O3. The van der Waals surface area contributed by atoms with E-state index in [-0.39, 0.29) is 12.1 Å². The van der Waals surface area contributed by atoms with Gasteiger partial charge in [0.05, 0.1) is 17.3 Å². The molecule has 4 rings (SSSR count). The number of hydrogen-bond donors (Lipinski definition) is 1. The Bertz CT molecular complexity index is 1000. The normalized spacial score (nSPS) is 21.5. The van der Waals surface area contributed by atoms with Crippen molar-refractivity contribution in [1.29, 1.82) is 0 Å². The van der Waals surface area contributed by atoms with Crippen LogP contribution in [0.15, 0.2) is 48.5 Å². The minimum Gasteiger partial charge on any atom is -0.332 e. The maximum absolute atomic E-state index is 13.2. The van der Waals surface area contributed by atoms with Crippen LogP contribution in [0.5, 0.6) is 0 Å². The fraction of sp³-hybridized carbons (Fsp3) is 0.286. The number of likely N-dealkylation sites (tertiary alicyclic amines) is 1. The molecule has 6 nitrogen and oxygen atoms in total. The fourth-order valence-electron chi connectivity index (χ4n) is 3.84. The second-order valence-corrected chi connectivity index (χ2v) is 7.37. The van der Waals surface area contributed by atoms with Crippen molar-refractivity contribution in [3.05, 3.63) is 65.2 Å². The molecule has 0 saturated carbocycles. The van der Waals surface area contributed by atoms with Gasteiger partial charge in [0.25, 0.3) is 11.8 Å². The molecule has 0 aromatic heterocycles. The number of anilines is 1. The number of carbonyl (C=O) groups is 3. The summed E-state index contributed by atoms with van der Waals surface area (Å²) >= 11 is 0. The molecule has 0 spiro atoms. The third-order valence-electron chi connectivity index (χ3n) is 5.40. The summed E-state index contributed by atoms with van der Waals surface area (Å²) in [6, 6.07) is 8.67. The summed E-state index contributed by atoms with van der Waals surface area (Å²) in [5.41, 5.74) is 0.539. The van der Waals surface area contributed by atoms with Gasteiger partial charge in [-0.15, -0.1) is 0 Å². The summed E-state index contributed by atoms with van der Waals surface area (Å²) in [4.78, 5) is 40.9. The Hall–Kier alpha value is -3.36. The Labute approximate surface area is 170 Å².